The summed E-state index contributed by atoms with van der Waals surface area (Å²) in [6, 6.07) is 11.1. The molecule has 1 aromatic carbocycles. The third-order valence-electron chi connectivity index (χ3n) is 4.14. The van der Waals surface area contributed by atoms with Crippen LogP contribution in [0.5, 0.6) is 5.75 Å². The number of benzene rings is 1. The first-order valence-electron chi connectivity index (χ1n) is 7.83. The zero-order valence-electron chi connectivity index (χ0n) is 13.0. The monoisotopic (exact) mass is 339 g/mol. The van der Waals surface area contributed by atoms with Crippen LogP contribution in [-0.4, -0.2) is 19.4 Å². The van der Waals surface area contributed by atoms with Crippen LogP contribution in [0.1, 0.15) is 18.4 Å². The Labute approximate surface area is 140 Å². The Morgan fingerprint density at radius 3 is 2.92 bits per heavy atom. The molecule has 0 amide bonds. The van der Waals surface area contributed by atoms with Crippen molar-refractivity contribution in [3.63, 3.8) is 0 Å². The lowest BCUT2D eigenvalue weighted by atomic mass is 10.2. The summed E-state index contributed by atoms with van der Waals surface area (Å²) >= 11 is 0. The number of hydrogen-bond donors (Lipinski definition) is 1. The molecule has 1 aliphatic carbocycles. The minimum Gasteiger partial charge on any atom is -0.488 e. The van der Waals surface area contributed by atoms with E-state index in [0.717, 1.165) is 35.1 Å². The van der Waals surface area contributed by atoms with Crippen LogP contribution < -0.4 is 4.74 Å². The molecule has 1 fully saturated rings. The molecule has 1 saturated carbocycles. The van der Waals surface area contributed by atoms with Crippen molar-refractivity contribution in [3.8, 4) is 5.75 Å². The fraction of sp³-hybridized carbons (Fsp3) is 0.222. The van der Waals surface area contributed by atoms with E-state index in [0.29, 0.717) is 11.5 Å². The van der Waals surface area contributed by atoms with Crippen LogP contribution in [0.3, 0.4) is 0 Å². The number of aromatic nitrogens is 2. The number of nitrogens with one attached hydrogen (secondary N) is 1. The highest BCUT2D eigenvalue weighted by molar-refractivity contribution is 7.93. The van der Waals surface area contributed by atoms with Crippen LogP contribution in [0.15, 0.2) is 59.9 Å². The summed E-state index contributed by atoms with van der Waals surface area (Å²) in [6.07, 6.45) is 6.88. The Bertz CT molecular complexity index is 993. The second-order valence-electron chi connectivity index (χ2n) is 5.94. The van der Waals surface area contributed by atoms with Crippen molar-refractivity contribution in [2.24, 2.45) is 0 Å². The lowest BCUT2D eigenvalue weighted by molar-refractivity contribution is 0.309. The van der Waals surface area contributed by atoms with Gasteiger partial charge in [0, 0.05) is 27.9 Å². The van der Waals surface area contributed by atoms with Crippen molar-refractivity contribution in [2.75, 3.05) is 0 Å². The second-order valence-corrected chi connectivity index (χ2v) is 8.28. The summed E-state index contributed by atoms with van der Waals surface area (Å²) in [4.78, 5) is 8.93. The molecular weight excluding hydrogens is 322 g/mol. The topological polar surface area (TPSA) is 75.9 Å². The molecule has 0 spiro atoms. The van der Waals surface area contributed by atoms with Crippen molar-refractivity contribution >= 4 is 20.6 Å². The van der Waals surface area contributed by atoms with Crippen LogP contribution in [0, 0.1) is 4.78 Å². The predicted molar refractivity (Wildman–Crippen MR) is 92.5 cm³/mol. The average molecular weight is 339 g/mol. The van der Waals surface area contributed by atoms with Gasteiger partial charge in [-0.2, -0.15) is 0 Å². The molecule has 0 bridgehead atoms. The lowest BCUT2D eigenvalue weighted by Crippen LogP contribution is -2.06. The van der Waals surface area contributed by atoms with Gasteiger partial charge in [0.15, 0.2) is 0 Å². The van der Waals surface area contributed by atoms with Gasteiger partial charge < -0.3 is 4.74 Å². The number of pyridine rings is 2. The van der Waals surface area contributed by atoms with E-state index in [2.05, 4.69) is 9.97 Å². The van der Waals surface area contributed by atoms with E-state index in [4.69, 9.17) is 9.52 Å². The molecule has 122 valence electrons. The molecule has 6 heteroatoms. The highest BCUT2D eigenvalue weighted by Crippen LogP contribution is 2.34. The van der Waals surface area contributed by atoms with Crippen LogP contribution in [0.2, 0.25) is 0 Å². The first kappa shape index (κ1) is 15.1. The predicted octanol–water partition coefficient (Wildman–Crippen LogP) is 3.78. The van der Waals surface area contributed by atoms with E-state index >= 15 is 0 Å². The van der Waals surface area contributed by atoms with Crippen LogP contribution >= 0.6 is 0 Å². The average Bonchev–Trinajstić information content (AvgIpc) is 3.46. The molecule has 1 unspecified atom stereocenters. The molecule has 2 heterocycles. The largest absolute Gasteiger partial charge is 0.488 e. The third-order valence-corrected chi connectivity index (χ3v) is 6.51. The van der Waals surface area contributed by atoms with Gasteiger partial charge in [0.25, 0.3) is 0 Å². The van der Waals surface area contributed by atoms with Crippen LogP contribution in [0.25, 0.3) is 10.9 Å². The Morgan fingerprint density at radius 1 is 1.21 bits per heavy atom. The molecule has 4 rings (SSSR count). The maximum Gasteiger partial charge on any atom is 0.130 e. The number of hydrogen-bond acceptors (Lipinski definition) is 5. The summed E-state index contributed by atoms with van der Waals surface area (Å²) < 4.78 is 26.6. The molecule has 1 N–H and O–H groups in total. The maximum absolute atomic E-state index is 12.6. The smallest absolute Gasteiger partial charge is 0.130 e. The molecule has 24 heavy (non-hydrogen) atoms. The van der Waals surface area contributed by atoms with Gasteiger partial charge in [-0.15, -0.1) is 0 Å². The summed E-state index contributed by atoms with van der Waals surface area (Å²) in [5.41, 5.74) is 1.69. The van der Waals surface area contributed by atoms with Crippen molar-refractivity contribution in [2.45, 2.75) is 29.6 Å². The number of ether oxygens (including phenoxy) is 1. The van der Waals surface area contributed by atoms with Crippen LogP contribution in [-0.2, 0) is 16.3 Å². The van der Waals surface area contributed by atoms with E-state index in [-0.39, 0.29) is 5.25 Å². The number of nitrogens with zero attached hydrogens (tertiary/aromatic N) is 2. The Kier molecular flexibility index (Phi) is 3.69. The highest BCUT2D eigenvalue weighted by atomic mass is 32.2. The fourth-order valence-electron chi connectivity index (χ4n) is 2.68. The third kappa shape index (κ3) is 2.85. The quantitative estimate of drug-likeness (QED) is 0.767. The Hall–Kier alpha value is -2.47. The van der Waals surface area contributed by atoms with E-state index in [1.165, 1.54) is 0 Å². The van der Waals surface area contributed by atoms with Crippen molar-refractivity contribution in [3.05, 3.63) is 60.6 Å². The van der Waals surface area contributed by atoms with E-state index in [1.54, 1.807) is 24.7 Å². The Balaban J connectivity index is 1.58. The van der Waals surface area contributed by atoms with Gasteiger partial charge >= 0.3 is 0 Å². The van der Waals surface area contributed by atoms with Gasteiger partial charge in [-0.1, -0.05) is 12.1 Å². The molecular formula is C18H17N3O2S. The zero-order chi connectivity index (χ0) is 16.6. The van der Waals surface area contributed by atoms with Crippen LogP contribution in [0.4, 0.5) is 0 Å². The van der Waals surface area contributed by atoms with E-state index in [1.807, 2.05) is 30.3 Å². The summed E-state index contributed by atoms with van der Waals surface area (Å²) in [6.45, 7) is 0.357. The minimum absolute atomic E-state index is 0.0188. The fourth-order valence-corrected chi connectivity index (χ4v) is 4.47. The van der Waals surface area contributed by atoms with Gasteiger partial charge in [-0.05, 0) is 42.7 Å². The molecule has 3 aromatic rings. The SMILES string of the molecule is N=S(=O)(c1cccc(COc2ccnc3cnccc23)c1)C1CC1. The highest BCUT2D eigenvalue weighted by Gasteiger charge is 2.33. The summed E-state index contributed by atoms with van der Waals surface area (Å²) in [5, 5.41) is 0.927. The normalized spacial score (nSPS) is 16.7. The maximum atomic E-state index is 12.6. The standard InChI is InChI=1S/C18H17N3O2S/c19-24(22,14-4-5-14)15-3-1-2-13(10-15)12-23-18-7-9-21-17-11-20-8-6-16(17)18/h1-3,6-11,14,19H,4-5,12H2. The summed E-state index contributed by atoms with van der Waals surface area (Å²) in [5.74, 6) is 0.738. The molecule has 1 atom stereocenters. The van der Waals surface area contributed by atoms with E-state index in [9.17, 15) is 4.21 Å². The van der Waals surface area contributed by atoms with Crippen molar-refractivity contribution in [1.82, 2.24) is 9.97 Å². The van der Waals surface area contributed by atoms with Crippen molar-refractivity contribution in [1.29, 1.82) is 4.78 Å². The first-order chi connectivity index (χ1) is 11.6. The lowest BCUT2D eigenvalue weighted by Gasteiger charge is -2.11. The first-order valence-corrected chi connectivity index (χ1v) is 9.45. The van der Waals surface area contributed by atoms with Gasteiger partial charge in [0.1, 0.15) is 12.4 Å². The summed E-state index contributed by atoms with van der Waals surface area (Å²) in [7, 11) is -2.68. The molecule has 2 aromatic heterocycles. The zero-order valence-corrected chi connectivity index (χ0v) is 13.8. The molecule has 5 nitrogen and oxygen atoms in total. The number of rotatable bonds is 5. The molecule has 1 aliphatic rings. The Morgan fingerprint density at radius 2 is 2.08 bits per heavy atom. The van der Waals surface area contributed by atoms with Gasteiger partial charge in [-0.3, -0.25) is 9.97 Å². The molecule has 0 radical (unpaired) electrons. The minimum atomic E-state index is -2.68. The van der Waals surface area contributed by atoms with Gasteiger partial charge in [0.05, 0.1) is 21.4 Å². The molecule has 0 saturated heterocycles. The van der Waals surface area contributed by atoms with Gasteiger partial charge in [-0.25, -0.2) is 8.99 Å². The molecule has 0 aliphatic heterocycles. The van der Waals surface area contributed by atoms with E-state index < -0.39 is 9.73 Å². The van der Waals surface area contributed by atoms with Crippen molar-refractivity contribution < 1.29 is 8.95 Å². The van der Waals surface area contributed by atoms with Gasteiger partial charge in [0.2, 0.25) is 0 Å². The number of fused-ring (bicyclic) bond motifs is 1. The second kappa shape index (κ2) is 5.87.